The second-order valence-corrected chi connectivity index (χ2v) is 5.13. The molecule has 0 bridgehead atoms. The zero-order chi connectivity index (χ0) is 16.2. The second kappa shape index (κ2) is 11.3. The Bertz CT molecular complexity index is 342. The van der Waals surface area contributed by atoms with Gasteiger partial charge in [0, 0.05) is 26.7 Å². The van der Waals surface area contributed by atoms with Gasteiger partial charge in [0.1, 0.15) is 0 Å². The number of ether oxygens (including phenoxy) is 3. The standard InChI is InChI=1S/C15H29N3O4/c1-4-16-15(17-7-10-22-12-11-20-2)18-8-5-13(6-9-18)14(19)21-3/h13H,4-12H2,1-3H3,(H,16,17). The molecule has 0 unspecified atom stereocenters. The molecule has 0 amide bonds. The highest BCUT2D eigenvalue weighted by Crippen LogP contribution is 2.18. The predicted octanol–water partition coefficient (Wildman–Crippen LogP) is 0.500. The lowest BCUT2D eigenvalue weighted by Gasteiger charge is -2.33. The maximum absolute atomic E-state index is 11.6. The summed E-state index contributed by atoms with van der Waals surface area (Å²) in [5.41, 5.74) is 0. The Morgan fingerprint density at radius 1 is 1.23 bits per heavy atom. The van der Waals surface area contributed by atoms with Gasteiger partial charge in [-0.15, -0.1) is 0 Å². The van der Waals surface area contributed by atoms with Crippen LogP contribution in [0.15, 0.2) is 4.99 Å². The van der Waals surface area contributed by atoms with Crippen LogP contribution >= 0.6 is 0 Å². The third-order valence-corrected chi connectivity index (χ3v) is 3.59. The van der Waals surface area contributed by atoms with E-state index < -0.39 is 0 Å². The molecule has 0 aromatic rings. The van der Waals surface area contributed by atoms with Crippen LogP contribution in [0.1, 0.15) is 19.8 Å². The van der Waals surface area contributed by atoms with E-state index in [1.807, 2.05) is 6.92 Å². The maximum atomic E-state index is 11.6. The van der Waals surface area contributed by atoms with Gasteiger partial charge >= 0.3 is 5.97 Å². The van der Waals surface area contributed by atoms with Gasteiger partial charge in [0.25, 0.3) is 0 Å². The molecule has 1 aliphatic heterocycles. The van der Waals surface area contributed by atoms with Gasteiger partial charge in [0.15, 0.2) is 5.96 Å². The number of carbonyl (C=O) groups is 1. The molecule has 0 radical (unpaired) electrons. The molecule has 0 aromatic heterocycles. The molecule has 1 fully saturated rings. The fourth-order valence-corrected chi connectivity index (χ4v) is 2.38. The third-order valence-electron chi connectivity index (χ3n) is 3.59. The number of hydrogen-bond acceptors (Lipinski definition) is 5. The summed E-state index contributed by atoms with van der Waals surface area (Å²) in [6.45, 7) is 6.89. The van der Waals surface area contributed by atoms with Crippen molar-refractivity contribution in [3.63, 3.8) is 0 Å². The average molecular weight is 315 g/mol. The molecule has 1 N–H and O–H groups in total. The van der Waals surface area contributed by atoms with E-state index in [1.165, 1.54) is 7.11 Å². The first-order valence-corrected chi connectivity index (χ1v) is 7.90. The largest absolute Gasteiger partial charge is 0.469 e. The van der Waals surface area contributed by atoms with Crippen molar-refractivity contribution in [3.8, 4) is 0 Å². The Kier molecular flexibility index (Phi) is 9.57. The molecular formula is C15H29N3O4. The van der Waals surface area contributed by atoms with E-state index >= 15 is 0 Å². The van der Waals surface area contributed by atoms with E-state index in [1.54, 1.807) is 7.11 Å². The molecule has 0 atom stereocenters. The number of esters is 1. The summed E-state index contributed by atoms with van der Waals surface area (Å²) in [7, 11) is 3.10. The number of piperidine rings is 1. The van der Waals surface area contributed by atoms with Gasteiger partial charge < -0.3 is 24.4 Å². The number of methoxy groups -OCH3 is 2. The number of likely N-dealkylation sites (tertiary alicyclic amines) is 1. The monoisotopic (exact) mass is 315 g/mol. The van der Waals surface area contributed by atoms with Crippen molar-refractivity contribution >= 4 is 11.9 Å². The Morgan fingerprint density at radius 3 is 2.55 bits per heavy atom. The van der Waals surface area contributed by atoms with Crippen molar-refractivity contribution in [2.45, 2.75) is 19.8 Å². The number of aliphatic imine (C=N–C) groups is 1. The Morgan fingerprint density at radius 2 is 1.95 bits per heavy atom. The molecule has 0 aliphatic carbocycles. The van der Waals surface area contributed by atoms with Crippen LogP contribution in [0.25, 0.3) is 0 Å². The lowest BCUT2D eigenvalue weighted by molar-refractivity contribution is -0.146. The molecule has 0 aromatic carbocycles. The van der Waals surface area contributed by atoms with Gasteiger partial charge in [-0.25, -0.2) is 0 Å². The normalized spacial score (nSPS) is 16.7. The van der Waals surface area contributed by atoms with Gasteiger partial charge in [-0.05, 0) is 19.8 Å². The van der Waals surface area contributed by atoms with Crippen molar-refractivity contribution < 1.29 is 19.0 Å². The molecule has 128 valence electrons. The molecule has 1 rings (SSSR count). The quantitative estimate of drug-likeness (QED) is 0.304. The predicted molar refractivity (Wildman–Crippen MR) is 85.0 cm³/mol. The summed E-state index contributed by atoms with van der Waals surface area (Å²) in [4.78, 5) is 18.3. The van der Waals surface area contributed by atoms with E-state index in [4.69, 9.17) is 14.2 Å². The van der Waals surface area contributed by atoms with Crippen molar-refractivity contribution in [2.75, 3.05) is 60.2 Å². The first-order chi connectivity index (χ1) is 10.7. The minimum atomic E-state index is -0.104. The fourth-order valence-electron chi connectivity index (χ4n) is 2.38. The summed E-state index contributed by atoms with van der Waals surface area (Å²) in [5, 5.41) is 3.29. The van der Waals surface area contributed by atoms with E-state index in [-0.39, 0.29) is 11.9 Å². The number of guanidine groups is 1. The molecule has 0 saturated carbocycles. The van der Waals surface area contributed by atoms with Crippen LogP contribution in [0.4, 0.5) is 0 Å². The lowest BCUT2D eigenvalue weighted by Crippen LogP contribution is -2.46. The summed E-state index contributed by atoms with van der Waals surface area (Å²) >= 11 is 0. The Hall–Kier alpha value is -1.34. The van der Waals surface area contributed by atoms with Crippen molar-refractivity contribution in [3.05, 3.63) is 0 Å². The summed E-state index contributed by atoms with van der Waals surface area (Å²) < 4.78 is 15.2. The van der Waals surface area contributed by atoms with E-state index in [0.717, 1.165) is 38.4 Å². The number of nitrogens with one attached hydrogen (secondary N) is 1. The Labute approximate surface area is 133 Å². The van der Waals surface area contributed by atoms with Gasteiger partial charge in [-0.2, -0.15) is 0 Å². The molecule has 22 heavy (non-hydrogen) atoms. The van der Waals surface area contributed by atoms with E-state index in [2.05, 4.69) is 15.2 Å². The van der Waals surface area contributed by atoms with Crippen LogP contribution in [-0.2, 0) is 19.0 Å². The third kappa shape index (κ3) is 6.62. The summed E-state index contributed by atoms with van der Waals surface area (Å²) in [6, 6.07) is 0. The summed E-state index contributed by atoms with van der Waals surface area (Å²) in [5.74, 6) is 0.802. The minimum Gasteiger partial charge on any atom is -0.469 e. The lowest BCUT2D eigenvalue weighted by atomic mass is 9.97. The van der Waals surface area contributed by atoms with Crippen molar-refractivity contribution in [1.29, 1.82) is 0 Å². The van der Waals surface area contributed by atoms with Crippen molar-refractivity contribution in [2.24, 2.45) is 10.9 Å². The van der Waals surface area contributed by atoms with Crippen LogP contribution in [-0.4, -0.2) is 77.0 Å². The molecule has 7 heteroatoms. The topological polar surface area (TPSA) is 72.4 Å². The number of carbonyl (C=O) groups excluding carboxylic acids is 1. The van der Waals surface area contributed by atoms with Crippen LogP contribution in [0.3, 0.4) is 0 Å². The molecule has 1 aliphatic rings. The Balaban J connectivity index is 2.38. The van der Waals surface area contributed by atoms with Gasteiger partial charge in [0.2, 0.25) is 0 Å². The average Bonchev–Trinajstić information content (AvgIpc) is 2.56. The van der Waals surface area contributed by atoms with E-state index in [0.29, 0.717) is 26.4 Å². The number of rotatable bonds is 8. The first kappa shape index (κ1) is 18.7. The first-order valence-electron chi connectivity index (χ1n) is 7.90. The molecule has 1 heterocycles. The highest BCUT2D eigenvalue weighted by Gasteiger charge is 2.26. The smallest absolute Gasteiger partial charge is 0.308 e. The zero-order valence-electron chi connectivity index (χ0n) is 14.0. The highest BCUT2D eigenvalue weighted by atomic mass is 16.5. The molecule has 1 saturated heterocycles. The van der Waals surface area contributed by atoms with Crippen LogP contribution < -0.4 is 5.32 Å². The second-order valence-electron chi connectivity index (χ2n) is 5.13. The highest BCUT2D eigenvalue weighted by molar-refractivity contribution is 5.80. The number of hydrogen-bond donors (Lipinski definition) is 1. The summed E-state index contributed by atoms with van der Waals surface area (Å²) in [6.07, 6.45) is 1.61. The van der Waals surface area contributed by atoms with Gasteiger partial charge in [-0.1, -0.05) is 0 Å². The maximum Gasteiger partial charge on any atom is 0.308 e. The molecule has 7 nitrogen and oxygen atoms in total. The SMILES string of the molecule is CCNC(=NCCOCCOC)N1CCC(C(=O)OC)CC1. The zero-order valence-corrected chi connectivity index (χ0v) is 14.0. The van der Waals surface area contributed by atoms with Crippen LogP contribution in [0, 0.1) is 5.92 Å². The van der Waals surface area contributed by atoms with Crippen molar-refractivity contribution in [1.82, 2.24) is 10.2 Å². The van der Waals surface area contributed by atoms with Gasteiger partial charge in [0.05, 0.1) is 39.4 Å². The van der Waals surface area contributed by atoms with E-state index in [9.17, 15) is 4.79 Å². The van der Waals surface area contributed by atoms with Crippen LogP contribution in [0.2, 0.25) is 0 Å². The molecular weight excluding hydrogens is 286 g/mol. The van der Waals surface area contributed by atoms with Crippen LogP contribution in [0.5, 0.6) is 0 Å². The fraction of sp³-hybridized carbons (Fsp3) is 0.867. The minimum absolute atomic E-state index is 0.0153. The van der Waals surface area contributed by atoms with Gasteiger partial charge in [-0.3, -0.25) is 9.79 Å². The molecule has 0 spiro atoms. The number of nitrogens with zero attached hydrogens (tertiary/aromatic N) is 2.